The molecule has 2 N–H and O–H groups in total. The molecule has 1 aromatic heterocycles. The summed E-state index contributed by atoms with van der Waals surface area (Å²) in [5.41, 5.74) is 4.67. The lowest BCUT2D eigenvalue weighted by Crippen LogP contribution is -2.65. The summed E-state index contributed by atoms with van der Waals surface area (Å²) in [5.74, 6) is 2.11. The van der Waals surface area contributed by atoms with Gasteiger partial charge in [-0.1, -0.05) is 52.8 Å². The van der Waals surface area contributed by atoms with Crippen molar-refractivity contribution in [2.75, 3.05) is 6.61 Å². The van der Waals surface area contributed by atoms with Crippen molar-refractivity contribution in [1.82, 2.24) is 4.98 Å². The lowest BCUT2D eigenvalue weighted by molar-refractivity contribution is -0.228. The molecule has 40 heavy (non-hydrogen) atoms. The van der Waals surface area contributed by atoms with E-state index in [0.717, 1.165) is 12.1 Å². The lowest BCUT2D eigenvalue weighted by Gasteiger charge is -2.72. The summed E-state index contributed by atoms with van der Waals surface area (Å²) in [6.07, 6.45) is 14.9. The van der Waals surface area contributed by atoms with Gasteiger partial charge in [0.15, 0.2) is 0 Å². The molecule has 4 nitrogen and oxygen atoms in total. The average molecular weight is 546 g/mol. The van der Waals surface area contributed by atoms with E-state index in [2.05, 4.69) is 59.2 Å². The second-order valence-corrected chi connectivity index (χ2v) is 16.0. The molecule has 1 heterocycles. The molecule has 1 unspecified atom stereocenters. The van der Waals surface area contributed by atoms with Gasteiger partial charge in [0, 0.05) is 12.8 Å². The van der Waals surface area contributed by atoms with Crippen LogP contribution in [0.4, 0.5) is 0 Å². The van der Waals surface area contributed by atoms with E-state index in [4.69, 9.17) is 0 Å². The topological polar surface area (TPSA) is 70.4 Å². The van der Waals surface area contributed by atoms with Crippen LogP contribution in [0.1, 0.15) is 115 Å². The summed E-state index contributed by atoms with van der Waals surface area (Å²) in [7, 11) is 0. The highest BCUT2D eigenvalue weighted by Gasteiger charge is 2.70. The fraction of sp³-hybridized carbons (Fsp3) is 0.722. The first kappa shape index (κ1) is 28.2. The van der Waals surface area contributed by atoms with E-state index in [-0.39, 0.29) is 32.6 Å². The minimum atomic E-state index is -0.926. The number of aromatic nitrogens is 1. The second kappa shape index (κ2) is 9.03. The number of rotatable bonds is 4. The van der Waals surface area contributed by atoms with Crippen LogP contribution in [0.3, 0.4) is 0 Å². The van der Waals surface area contributed by atoms with E-state index in [1.54, 1.807) is 6.07 Å². The molecule has 9 atom stereocenters. The van der Waals surface area contributed by atoms with Crippen molar-refractivity contribution >= 4 is 11.5 Å². The van der Waals surface area contributed by atoms with Gasteiger partial charge < -0.3 is 10.2 Å². The van der Waals surface area contributed by atoms with Crippen LogP contribution in [0.5, 0.6) is 0 Å². The number of aliphatic hydroxyl groups excluding tert-OH is 1. The number of allylic oxidation sites excluding steroid dienone is 3. The maximum absolute atomic E-state index is 11.4. The summed E-state index contributed by atoms with van der Waals surface area (Å²) in [6, 6.07) is 3.61. The van der Waals surface area contributed by atoms with Gasteiger partial charge in [-0.15, -0.1) is 0 Å². The van der Waals surface area contributed by atoms with Crippen LogP contribution in [-0.4, -0.2) is 27.8 Å². The third-order valence-corrected chi connectivity index (χ3v) is 14.4. The maximum Gasteiger partial charge on any atom is 0.337 e. The fourth-order valence-corrected chi connectivity index (χ4v) is 12.3. The second-order valence-electron chi connectivity index (χ2n) is 16.0. The molecule has 0 aliphatic heterocycles. The molecule has 0 aromatic carbocycles. The third-order valence-electron chi connectivity index (χ3n) is 14.4. The molecule has 1 aromatic rings. The molecular formula is C36H51NO3. The number of hydrogen-bond donors (Lipinski definition) is 2. The Morgan fingerprint density at radius 1 is 0.975 bits per heavy atom. The van der Waals surface area contributed by atoms with Gasteiger partial charge in [-0.05, 0) is 139 Å². The number of pyridine rings is 1. The van der Waals surface area contributed by atoms with E-state index in [1.807, 2.05) is 6.07 Å². The van der Waals surface area contributed by atoms with E-state index in [9.17, 15) is 15.0 Å². The SMILES string of the molecule is C=C(C)[C@@H]1CC[C@]2(CO)CC[C@]3(C)C(CC[C@@H]4[C@@]5(C)CC=C(c6ccc(C(=O)O)cn6)C(C)(C)[C@@H]5CC[C@]43C)[C@@H]12. The number of carboxylic acid groups (broad SMARTS) is 1. The molecule has 6 rings (SSSR count). The van der Waals surface area contributed by atoms with Crippen molar-refractivity contribution in [3.8, 4) is 0 Å². The van der Waals surface area contributed by atoms with Crippen LogP contribution in [-0.2, 0) is 0 Å². The Morgan fingerprint density at radius 2 is 1.73 bits per heavy atom. The minimum Gasteiger partial charge on any atom is -0.478 e. The van der Waals surface area contributed by atoms with Crippen LogP contribution >= 0.6 is 0 Å². The smallest absolute Gasteiger partial charge is 0.337 e. The van der Waals surface area contributed by atoms with E-state index < -0.39 is 5.97 Å². The maximum atomic E-state index is 11.4. The zero-order chi connectivity index (χ0) is 28.9. The molecule has 0 radical (unpaired) electrons. The molecule has 218 valence electrons. The Hall–Kier alpha value is -1.94. The van der Waals surface area contributed by atoms with Gasteiger partial charge in [0.25, 0.3) is 0 Å². The largest absolute Gasteiger partial charge is 0.478 e. The van der Waals surface area contributed by atoms with Crippen molar-refractivity contribution in [1.29, 1.82) is 0 Å². The molecule has 5 aliphatic carbocycles. The molecule has 0 spiro atoms. The number of hydrogen-bond acceptors (Lipinski definition) is 3. The average Bonchev–Trinajstić information content (AvgIpc) is 3.29. The Morgan fingerprint density at radius 3 is 2.35 bits per heavy atom. The first-order chi connectivity index (χ1) is 18.7. The number of fused-ring (bicyclic) bond motifs is 7. The molecule has 5 aliphatic rings. The van der Waals surface area contributed by atoms with Crippen molar-refractivity contribution < 1.29 is 15.0 Å². The van der Waals surface area contributed by atoms with Crippen LogP contribution in [0.15, 0.2) is 36.6 Å². The van der Waals surface area contributed by atoms with Crippen molar-refractivity contribution in [2.45, 2.75) is 99.3 Å². The van der Waals surface area contributed by atoms with E-state index in [1.165, 1.54) is 68.7 Å². The van der Waals surface area contributed by atoms with Gasteiger partial charge in [-0.25, -0.2) is 4.79 Å². The monoisotopic (exact) mass is 545 g/mol. The van der Waals surface area contributed by atoms with E-state index >= 15 is 0 Å². The normalized spacial score (nSPS) is 45.4. The van der Waals surface area contributed by atoms with Gasteiger partial charge in [-0.2, -0.15) is 0 Å². The highest BCUT2D eigenvalue weighted by Crippen LogP contribution is 2.77. The van der Waals surface area contributed by atoms with Crippen molar-refractivity contribution in [2.24, 2.45) is 56.7 Å². The number of aliphatic hydroxyl groups is 1. The van der Waals surface area contributed by atoms with Gasteiger partial charge in [0.2, 0.25) is 0 Å². The predicted molar refractivity (Wildman–Crippen MR) is 161 cm³/mol. The quantitative estimate of drug-likeness (QED) is 0.373. The Kier molecular flexibility index (Phi) is 6.36. The predicted octanol–water partition coefficient (Wildman–Crippen LogP) is 8.42. The summed E-state index contributed by atoms with van der Waals surface area (Å²) in [6.45, 7) is 19.8. The molecule has 4 saturated carbocycles. The van der Waals surface area contributed by atoms with Crippen LogP contribution in [0.25, 0.3) is 5.57 Å². The molecule has 0 amide bonds. The van der Waals surface area contributed by atoms with Crippen molar-refractivity contribution in [3.05, 3.63) is 47.8 Å². The standard InChI is InChI=1S/C36H51NO3/c1-22(2)24-12-17-36(21-38)19-18-34(6)26(30(24)36)9-11-29-33(5)15-13-25(27-10-8-23(20-37-27)31(39)40)32(3,4)28(33)14-16-35(29,34)7/h8,10,13,20,24,26,28-30,38H,1,9,11-12,14-19,21H2,2-7H3,(H,39,40)/t24-,26?,28-,29+,30+,33-,34+,35+,36+/m0/s1. The van der Waals surface area contributed by atoms with Gasteiger partial charge >= 0.3 is 5.97 Å². The first-order valence-corrected chi connectivity index (χ1v) is 15.9. The van der Waals surface area contributed by atoms with E-state index in [0.29, 0.717) is 36.2 Å². The first-order valence-electron chi connectivity index (χ1n) is 15.9. The summed E-state index contributed by atoms with van der Waals surface area (Å²) < 4.78 is 0. The summed E-state index contributed by atoms with van der Waals surface area (Å²) in [4.78, 5) is 16.0. The third kappa shape index (κ3) is 3.53. The minimum absolute atomic E-state index is 0.0288. The number of carboxylic acids is 1. The van der Waals surface area contributed by atoms with Crippen LogP contribution in [0, 0.1) is 56.7 Å². The Bertz CT molecular complexity index is 1250. The number of aromatic carboxylic acids is 1. The highest BCUT2D eigenvalue weighted by atomic mass is 16.4. The lowest BCUT2D eigenvalue weighted by atomic mass is 9.32. The molecule has 0 saturated heterocycles. The summed E-state index contributed by atoms with van der Waals surface area (Å²) in [5, 5.41) is 20.1. The van der Waals surface area contributed by atoms with Crippen LogP contribution < -0.4 is 0 Å². The zero-order valence-corrected chi connectivity index (χ0v) is 25.7. The molecule has 4 fully saturated rings. The molecular weight excluding hydrogens is 494 g/mol. The summed E-state index contributed by atoms with van der Waals surface area (Å²) >= 11 is 0. The van der Waals surface area contributed by atoms with Crippen molar-refractivity contribution in [3.63, 3.8) is 0 Å². The Balaban J connectivity index is 1.36. The van der Waals surface area contributed by atoms with Gasteiger partial charge in [-0.3, -0.25) is 4.98 Å². The number of carbonyl (C=O) groups is 1. The highest BCUT2D eigenvalue weighted by molar-refractivity contribution is 5.87. The molecule has 4 heteroatoms. The number of nitrogens with zero attached hydrogens (tertiary/aromatic N) is 1. The van der Waals surface area contributed by atoms with Gasteiger partial charge in [0.1, 0.15) is 0 Å². The van der Waals surface area contributed by atoms with Crippen LogP contribution in [0.2, 0.25) is 0 Å². The Labute approximate surface area is 241 Å². The fourth-order valence-electron chi connectivity index (χ4n) is 12.3. The van der Waals surface area contributed by atoms with Gasteiger partial charge in [0.05, 0.1) is 11.3 Å². The zero-order valence-electron chi connectivity index (χ0n) is 25.7. The molecule has 0 bridgehead atoms.